The molecule has 0 spiro atoms. The Morgan fingerprint density at radius 3 is 3.00 bits per heavy atom. The molecule has 1 aromatic rings. The molecule has 1 aromatic heterocycles. The van der Waals surface area contributed by atoms with Crippen LogP contribution >= 0.6 is 0 Å². The molecule has 0 saturated carbocycles. The van der Waals surface area contributed by atoms with Gasteiger partial charge in [0, 0.05) is 32.6 Å². The van der Waals surface area contributed by atoms with Gasteiger partial charge in [-0.2, -0.15) is 5.10 Å². The number of carbonyl (C=O) groups is 1. The Balaban J connectivity index is 1.98. The van der Waals surface area contributed by atoms with Crippen molar-refractivity contribution in [1.82, 2.24) is 30.3 Å². The molecule has 0 radical (unpaired) electrons. The molecule has 8 heteroatoms. The average molecular weight is 307 g/mol. The Kier molecular flexibility index (Phi) is 5.35. The Bertz CT molecular complexity index is 535. The predicted octanol–water partition coefficient (Wildman–Crippen LogP) is -0.375. The Hall–Kier alpha value is -2.12. The molecule has 1 aliphatic rings. The standard InChI is InChI=1S/C14H25N7O/c1-10(2)18-14(15-7-13(22)20(3)4)19-11-5-6-12-16-9-17-21(12)8-11/h9-11H,5-8H2,1-4H3,(H2,15,18,19). The molecule has 1 aliphatic heterocycles. The minimum atomic E-state index is -0.0212. The van der Waals surface area contributed by atoms with Gasteiger partial charge in [-0.05, 0) is 20.3 Å². The zero-order chi connectivity index (χ0) is 16.1. The van der Waals surface area contributed by atoms with Crippen molar-refractivity contribution in [1.29, 1.82) is 0 Å². The van der Waals surface area contributed by atoms with E-state index in [4.69, 9.17) is 0 Å². The summed E-state index contributed by atoms with van der Waals surface area (Å²) in [6, 6.07) is 0.472. The fraction of sp³-hybridized carbons (Fsp3) is 0.714. The molecule has 0 fully saturated rings. The molecule has 8 nitrogen and oxygen atoms in total. The first kappa shape index (κ1) is 16.3. The topological polar surface area (TPSA) is 87.4 Å². The van der Waals surface area contributed by atoms with Gasteiger partial charge >= 0.3 is 0 Å². The lowest BCUT2D eigenvalue weighted by atomic mass is 10.1. The van der Waals surface area contributed by atoms with E-state index in [0.29, 0.717) is 5.96 Å². The molecule has 2 N–H and O–H groups in total. The fourth-order valence-electron chi connectivity index (χ4n) is 2.24. The second kappa shape index (κ2) is 7.24. The van der Waals surface area contributed by atoms with Gasteiger partial charge in [-0.25, -0.2) is 14.7 Å². The van der Waals surface area contributed by atoms with Crippen LogP contribution in [0, 0.1) is 0 Å². The summed E-state index contributed by atoms with van der Waals surface area (Å²) in [6.07, 6.45) is 3.46. The van der Waals surface area contributed by atoms with E-state index in [1.807, 2.05) is 18.5 Å². The summed E-state index contributed by atoms with van der Waals surface area (Å²) in [7, 11) is 3.46. The van der Waals surface area contributed by atoms with Crippen LogP contribution in [-0.4, -0.2) is 64.3 Å². The van der Waals surface area contributed by atoms with Crippen LogP contribution in [0.3, 0.4) is 0 Å². The van der Waals surface area contributed by atoms with Crippen molar-refractivity contribution in [3.8, 4) is 0 Å². The average Bonchev–Trinajstić information content (AvgIpc) is 2.91. The smallest absolute Gasteiger partial charge is 0.243 e. The van der Waals surface area contributed by atoms with Crippen molar-refractivity contribution in [2.45, 2.75) is 45.3 Å². The van der Waals surface area contributed by atoms with Gasteiger partial charge in [0.15, 0.2) is 5.96 Å². The number of nitrogens with one attached hydrogen (secondary N) is 2. The van der Waals surface area contributed by atoms with Gasteiger partial charge in [0.25, 0.3) is 0 Å². The zero-order valence-corrected chi connectivity index (χ0v) is 13.7. The molecule has 1 amide bonds. The first-order valence-electron chi connectivity index (χ1n) is 7.60. The van der Waals surface area contributed by atoms with Crippen molar-refractivity contribution < 1.29 is 4.79 Å². The predicted molar refractivity (Wildman–Crippen MR) is 84.5 cm³/mol. The van der Waals surface area contributed by atoms with Gasteiger partial charge < -0.3 is 15.5 Å². The largest absolute Gasteiger partial charge is 0.354 e. The highest BCUT2D eigenvalue weighted by molar-refractivity contribution is 5.85. The van der Waals surface area contributed by atoms with Gasteiger partial charge in [0.05, 0.1) is 6.54 Å². The lowest BCUT2D eigenvalue weighted by Gasteiger charge is -2.26. The normalized spacial score (nSPS) is 18.0. The third kappa shape index (κ3) is 4.44. The van der Waals surface area contributed by atoms with Crippen LogP contribution in [0.5, 0.6) is 0 Å². The number of aryl methyl sites for hydroxylation is 1. The third-order valence-electron chi connectivity index (χ3n) is 3.44. The summed E-state index contributed by atoms with van der Waals surface area (Å²) in [5, 5.41) is 10.9. The summed E-state index contributed by atoms with van der Waals surface area (Å²) < 4.78 is 1.92. The number of hydrogen-bond donors (Lipinski definition) is 2. The minimum Gasteiger partial charge on any atom is -0.354 e. The van der Waals surface area contributed by atoms with E-state index in [1.54, 1.807) is 25.3 Å². The first-order valence-corrected chi connectivity index (χ1v) is 7.60. The van der Waals surface area contributed by atoms with Crippen molar-refractivity contribution in [3.05, 3.63) is 12.2 Å². The Labute approximate surface area is 131 Å². The highest BCUT2D eigenvalue weighted by Gasteiger charge is 2.21. The molecule has 2 heterocycles. The summed E-state index contributed by atoms with van der Waals surface area (Å²) in [5.74, 6) is 1.67. The Morgan fingerprint density at radius 2 is 2.32 bits per heavy atom. The molecule has 0 saturated heterocycles. The fourth-order valence-corrected chi connectivity index (χ4v) is 2.24. The molecule has 0 aromatic carbocycles. The molecule has 122 valence electrons. The van der Waals surface area contributed by atoms with Gasteiger partial charge in [0.2, 0.25) is 5.91 Å². The molecule has 1 unspecified atom stereocenters. The van der Waals surface area contributed by atoms with E-state index >= 15 is 0 Å². The van der Waals surface area contributed by atoms with Gasteiger partial charge in [0.1, 0.15) is 18.7 Å². The van der Waals surface area contributed by atoms with Crippen LogP contribution in [0.1, 0.15) is 26.1 Å². The van der Waals surface area contributed by atoms with E-state index in [2.05, 4.69) is 25.7 Å². The maximum absolute atomic E-state index is 11.7. The van der Waals surface area contributed by atoms with E-state index in [-0.39, 0.29) is 24.5 Å². The second-order valence-electron chi connectivity index (χ2n) is 5.99. The number of likely N-dealkylation sites (N-methyl/N-ethyl adjacent to an activating group) is 1. The van der Waals surface area contributed by atoms with E-state index < -0.39 is 0 Å². The van der Waals surface area contributed by atoms with Crippen molar-refractivity contribution >= 4 is 11.9 Å². The molecule has 2 rings (SSSR count). The lowest BCUT2D eigenvalue weighted by Crippen LogP contribution is -2.49. The summed E-state index contributed by atoms with van der Waals surface area (Å²) >= 11 is 0. The molecular formula is C14H25N7O. The zero-order valence-electron chi connectivity index (χ0n) is 13.7. The minimum absolute atomic E-state index is 0.0212. The van der Waals surface area contributed by atoms with Gasteiger partial charge in [-0.15, -0.1) is 0 Å². The Morgan fingerprint density at radius 1 is 1.55 bits per heavy atom. The SMILES string of the molecule is CC(C)NC(=NCC(=O)N(C)C)NC1CCc2ncnn2C1. The van der Waals surface area contributed by atoms with Crippen LogP contribution in [0.2, 0.25) is 0 Å². The molecule has 22 heavy (non-hydrogen) atoms. The number of carbonyl (C=O) groups excluding carboxylic acids is 1. The maximum Gasteiger partial charge on any atom is 0.243 e. The van der Waals surface area contributed by atoms with E-state index in [1.165, 1.54) is 0 Å². The highest BCUT2D eigenvalue weighted by Crippen LogP contribution is 2.11. The number of rotatable bonds is 4. The van der Waals surface area contributed by atoms with E-state index in [9.17, 15) is 4.79 Å². The molecule has 0 bridgehead atoms. The van der Waals surface area contributed by atoms with Crippen molar-refractivity contribution in [2.24, 2.45) is 4.99 Å². The van der Waals surface area contributed by atoms with Gasteiger partial charge in [-0.3, -0.25) is 4.79 Å². The number of fused-ring (bicyclic) bond motifs is 1. The molecular weight excluding hydrogens is 282 g/mol. The number of guanidine groups is 1. The number of hydrogen-bond acceptors (Lipinski definition) is 4. The van der Waals surface area contributed by atoms with Crippen LogP contribution in [0.25, 0.3) is 0 Å². The van der Waals surface area contributed by atoms with Crippen LogP contribution < -0.4 is 10.6 Å². The number of nitrogens with zero attached hydrogens (tertiary/aromatic N) is 5. The number of aliphatic imine (C=N–C) groups is 1. The van der Waals surface area contributed by atoms with Crippen LogP contribution in [0.4, 0.5) is 0 Å². The van der Waals surface area contributed by atoms with Crippen molar-refractivity contribution in [3.63, 3.8) is 0 Å². The highest BCUT2D eigenvalue weighted by atomic mass is 16.2. The molecule has 0 aliphatic carbocycles. The third-order valence-corrected chi connectivity index (χ3v) is 3.44. The van der Waals surface area contributed by atoms with Crippen LogP contribution in [-0.2, 0) is 17.8 Å². The maximum atomic E-state index is 11.7. The van der Waals surface area contributed by atoms with Crippen LogP contribution in [0.15, 0.2) is 11.3 Å². The number of amides is 1. The molecule has 1 atom stereocenters. The van der Waals surface area contributed by atoms with Gasteiger partial charge in [-0.1, -0.05) is 0 Å². The number of aromatic nitrogens is 3. The second-order valence-corrected chi connectivity index (χ2v) is 5.99. The van der Waals surface area contributed by atoms with Crippen molar-refractivity contribution in [2.75, 3.05) is 20.6 Å². The summed E-state index contributed by atoms with van der Waals surface area (Å²) in [4.78, 5) is 21.8. The quantitative estimate of drug-likeness (QED) is 0.585. The lowest BCUT2D eigenvalue weighted by molar-refractivity contribution is -0.127. The monoisotopic (exact) mass is 307 g/mol. The summed E-state index contributed by atoms with van der Waals surface area (Å²) in [6.45, 7) is 4.98. The summed E-state index contributed by atoms with van der Waals surface area (Å²) in [5.41, 5.74) is 0. The van der Waals surface area contributed by atoms with E-state index in [0.717, 1.165) is 25.2 Å². The first-order chi connectivity index (χ1) is 10.5.